The Morgan fingerprint density at radius 3 is 2.58 bits per heavy atom. The summed E-state index contributed by atoms with van der Waals surface area (Å²) >= 11 is 3.51. The molecule has 1 nitrogen and oxygen atoms in total. The molecule has 0 aliphatic rings. The summed E-state index contributed by atoms with van der Waals surface area (Å²) < 4.78 is 1.14. The molecule has 0 unspecified atom stereocenters. The molecule has 62 valence electrons. The van der Waals surface area contributed by atoms with Crippen LogP contribution in [0.25, 0.3) is 10.9 Å². The van der Waals surface area contributed by atoms with Crippen molar-refractivity contribution in [1.29, 1.82) is 0 Å². The van der Waals surface area contributed by atoms with Gasteiger partial charge in [-0.3, -0.25) is 0 Å². The van der Waals surface area contributed by atoms with E-state index in [9.17, 15) is 0 Å². The molecule has 1 aromatic carbocycles. The average Bonchev–Trinajstić information content (AvgIpc) is 2.42. The normalized spacial score (nSPS) is 10.9. The van der Waals surface area contributed by atoms with E-state index in [4.69, 9.17) is 0 Å². The molecular weight excluding hydrogens is 214 g/mol. The third kappa shape index (κ3) is 0.985. The monoisotopic (exact) mass is 223 g/mol. The number of nitrogens with one attached hydrogen (secondary N) is 1. The molecule has 0 atom stereocenters. The molecular formula is C10H10BrN. The molecule has 0 bridgehead atoms. The number of hydrogen-bond donors (Lipinski definition) is 1. The van der Waals surface area contributed by atoms with Gasteiger partial charge in [0.25, 0.3) is 0 Å². The van der Waals surface area contributed by atoms with Crippen LogP contribution in [0.1, 0.15) is 11.1 Å². The molecule has 1 heterocycles. The van der Waals surface area contributed by atoms with Crippen LogP contribution in [0.15, 0.2) is 22.8 Å². The average molecular weight is 224 g/mol. The smallest absolute Gasteiger partial charge is 0.0603 e. The van der Waals surface area contributed by atoms with E-state index in [1.165, 1.54) is 22.0 Å². The topological polar surface area (TPSA) is 15.8 Å². The van der Waals surface area contributed by atoms with Crippen molar-refractivity contribution in [1.82, 2.24) is 4.98 Å². The predicted octanol–water partition coefficient (Wildman–Crippen LogP) is 3.55. The number of rotatable bonds is 0. The number of halogens is 1. The summed E-state index contributed by atoms with van der Waals surface area (Å²) in [6, 6.07) is 4.21. The van der Waals surface area contributed by atoms with E-state index >= 15 is 0 Å². The van der Waals surface area contributed by atoms with Gasteiger partial charge in [0.05, 0.1) is 5.52 Å². The zero-order valence-electron chi connectivity index (χ0n) is 7.11. The van der Waals surface area contributed by atoms with E-state index in [1.54, 1.807) is 0 Å². The van der Waals surface area contributed by atoms with Crippen LogP contribution in [0.3, 0.4) is 0 Å². The molecule has 0 fully saturated rings. The summed E-state index contributed by atoms with van der Waals surface area (Å²) in [5.41, 5.74) is 3.84. The van der Waals surface area contributed by atoms with E-state index < -0.39 is 0 Å². The first-order chi connectivity index (χ1) is 5.70. The third-order valence-electron chi connectivity index (χ3n) is 2.19. The zero-order valence-corrected chi connectivity index (χ0v) is 8.70. The first-order valence-electron chi connectivity index (χ1n) is 3.93. The Morgan fingerprint density at radius 2 is 1.92 bits per heavy atom. The van der Waals surface area contributed by atoms with Gasteiger partial charge in [0.2, 0.25) is 0 Å². The Balaban J connectivity index is 2.98. The molecule has 2 aromatic rings. The molecule has 1 aromatic heterocycles. The highest BCUT2D eigenvalue weighted by atomic mass is 79.9. The summed E-state index contributed by atoms with van der Waals surface area (Å²) in [5.74, 6) is 0. The number of aromatic nitrogens is 1. The summed E-state index contributed by atoms with van der Waals surface area (Å²) in [5, 5.41) is 1.34. The molecule has 0 amide bonds. The van der Waals surface area contributed by atoms with Crippen LogP contribution in [-0.4, -0.2) is 4.98 Å². The van der Waals surface area contributed by atoms with Gasteiger partial charge in [-0.05, 0) is 47.0 Å². The number of aromatic amines is 1. The summed E-state index contributed by atoms with van der Waals surface area (Å²) in [6.07, 6.45) is 2.04. The van der Waals surface area contributed by atoms with Crippen molar-refractivity contribution in [2.24, 2.45) is 0 Å². The second-order valence-electron chi connectivity index (χ2n) is 3.09. The van der Waals surface area contributed by atoms with Gasteiger partial charge in [-0.2, -0.15) is 0 Å². The summed E-state index contributed by atoms with van der Waals surface area (Å²) in [4.78, 5) is 3.25. The highest BCUT2D eigenvalue weighted by Gasteiger charge is 2.04. The molecule has 0 saturated heterocycles. The Labute approximate surface area is 79.9 Å². The predicted molar refractivity (Wildman–Crippen MR) is 55.5 cm³/mol. The van der Waals surface area contributed by atoms with Gasteiger partial charge in [0, 0.05) is 16.1 Å². The Hall–Kier alpha value is -0.760. The first kappa shape index (κ1) is 7.87. The van der Waals surface area contributed by atoms with Crippen molar-refractivity contribution in [2.45, 2.75) is 13.8 Å². The molecule has 2 rings (SSSR count). The summed E-state index contributed by atoms with van der Waals surface area (Å²) in [7, 11) is 0. The summed E-state index contributed by atoms with van der Waals surface area (Å²) in [6.45, 7) is 4.26. The molecule has 0 radical (unpaired) electrons. The van der Waals surface area contributed by atoms with Crippen molar-refractivity contribution < 1.29 is 0 Å². The van der Waals surface area contributed by atoms with Gasteiger partial charge in [-0.25, -0.2) is 0 Å². The molecule has 1 N–H and O–H groups in total. The van der Waals surface area contributed by atoms with Crippen molar-refractivity contribution >= 4 is 26.8 Å². The van der Waals surface area contributed by atoms with E-state index in [-0.39, 0.29) is 0 Å². The lowest BCUT2D eigenvalue weighted by Gasteiger charge is -1.99. The largest absolute Gasteiger partial charge is 0.360 e. The van der Waals surface area contributed by atoms with E-state index in [0.29, 0.717) is 0 Å². The van der Waals surface area contributed by atoms with Crippen molar-refractivity contribution in [3.63, 3.8) is 0 Å². The minimum absolute atomic E-state index is 1.14. The highest BCUT2D eigenvalue weighted by Crippen LogP contribution is 2.27. The van der Waals surface area contributed by atoms with E-state index in [1.807, 2.05) is 6.20 Å². The maximum atomic E-state index is 3.51. The quantitative estimate of drug-likeness (QED) is 0.704. The lowest BCUT2D eigenvalue weighted by molar-refractivity contribution is 1.42. The second kappa shape index (κ2) is 2.63. The lowest BCUT2D eigenvalue weighted by atomic mass is 10.1. The maximum absolute atomic E-state index is 3.51. The fraction of sp³-hybridized carbons (Fsp3) is 0.200. The first-order valence-corrected chi connectivity index (χ1v) is 4.72. The highest BCUT2D eigenvalue weighted by molar-refractivity contribution is 9.10. The minimum Gasteiger partial charge on any atom is -0.360 e. The Morgan fingerprint density at radius 1 is 1.17 bits per heavy atom. The number of benzene rings is 1. The molecule has 0 saturated carbocycles. The fourth-order valence-electron chi connectivity index (χ4n) is 1.58. The van der Waals surface area contributed by atoms with Gasteiger partial charge in [-0.15, -0.1) is 0 Å². The van der Waals surface area contributed by atoms with Crippen LogP contribution in [0.5, 0.6) is 0 Å². The van der Waals surface area contributed by atoms with Gasteiger partial charge in [-0.1, -0.05) is 6.07 Å². The number of aryl methyl sites for hydroxylation is 2. The number of H-pyrrole nitrogens is 1. The lowest BCUT2D eigenvalue weighted by Crippen LogP contribution is -1.77. The van der Waals surface area contributed by atoms with Gasteiger partial charge in [0.1, 0.15) is 0 Å². The molecule has 0 aliphatic carbocycles. The molecule has 0 spiro atoms. The molecule has 0 aliphatic heterocycles. The van der Waals surface area contributed by atoms with Crippen molar-refractivity contribution in [3.05, 3.63) is 33.9 Å². The zero-order chi connectivity index (χ0) is 8.72. The number of hydrogen-bond acceptors (Lipinski definition) is 0. The van der Waals surface area contributed by atoms with E-state index in [2.05, 4.69) is 46.9 Å². The van der Waals surface area contributed by atoms with Crippen molar-refractivity contribution in [3.8, 4) is 0 Å². The van der Waals surface area contributed by atoms with Gasteiger partial charge >= 0.3 is 0 Å². The second-order valence-corrected chi connectivity index (χ2v) is 3.94. The Kier molecular flexibility index (Phi) is 1.72. The minimum atomic E-state index is 1.14. The van der Waals surface area contributed by atoms with Gasteiger partial charge < -0.3 is 4.98 Å². The van der Waals surface area contributed by atoms with Crippen LogP contribution in [0.2, 0.25) is 0 Å². The van der Waals surface area contributed by atoms with Crippen LogP contribution in [0, 0.1) is 13.8 Å². The standard InChI is InChI=1S/C10H10BrN/c1-6-3-4-8(11)10-9(6)7(2)5-12-10/h3-5,12H,1-2H3. The van der Waals surface area contributed by atoms with Crippen molar-refractivity contribution in [2.75, 3.05) is 0 Å². The number of fused-ring (bicyclic) bond motifs is 1. The van der Waals surface area contributed by atoms with Gasteiger partial charge in [0.15, 0.2) is 0 Å². The maximum Gasteiger partial charge on any atom is 0.0603 e. The Bertz CT molecular complexity index is 429. The van der Waals surface area contributed by atoms with Crippen LogP contribution >= 0.6 is 15.9 Å². The van der Waals surface area contributed by atoms with Crippen LogP contribution in [-0.2, 0) is 0 Å². The molecule has 2 heteroatoms. The van der Waals surface area contributed by atoms with E-state index in [0.717, 1.165) is 4.47 Å². The SMILES string of the molecule is Cc1ccc(Br)c2[nH]cc(C)c12. The van der Waals surface area contributed by atoms with Crippen LogP contribution < -0.4 is 0 Å². The third-order valence-corrected chi connectivity index (χ3v) is 2.85. The van der Waals surface area contributed by atoms with Crippen LogP contribution in [0.4, 0.5) is 0 Å². The molecule has 12 heavy (non-hydrogen) atoms. The fourth-order valence-corrected chi connectivity index (χ4v) is 2.03.